The molecule has 0 aliphatic heterocycles. The van der Waals surface area contributed by atoms with Gasteiger partial charge in [-0.2, -0.15) is 5.10 Å². The van der Waals surface area contributed by atoms with E-state index in [1.54, 1.807) is 7.11 Å². The Morgan fingerprint density at radius 1 is 1.41 bits per heavy atom. The number of ketones is 1. The lowest BCUT2D eigenvalue weighted by Gasteiger charge is -2.17. The molecule has 1 heterocycles. The van der Waals surface area contributed by atoms with E-state index in [9.17, 15) is 4.79 Å². The topological polar surface area (TPSA) is 44.1 Å². The summed E-state index contributed by atoms with van der Waals surface area (Å²) in [6.07, 6.45) is 6.21. The van der Waals surface area contributed by atoms with Gasteiger partial charge in [0, 0.05) is 12.1 Å². The monoisotopic (exact) mass is 296 g/mol. The van der Waals surface area contributed by atoms with Crippen molar-refractivity contribution in [1.29, 1.82) is 0 Å². The first kappa shape index (κ1) is 14.6. The smallest absolute Gasteiger partial charge is 0.169 e. The molecule has 0 amide bonds. The van der Waals surface area contributed by atoms with Crippen molar-refractivity contribution in [2.24, 2.45) is 5.92 Å². The van der Waals surface area contributed by atoms with Gasteiger partial charge in [-0.05, 0) is 37.0 Å². The standard InChI is InChI=1S/C18H20N2O2/c1-3-4-14-7-10-17-16(18(14)21)12-20(19-17)11-13-5-8-15(22-2)9-6-13/h3,5-6,8-9,12,14H,1,4,7,10-11H2,2H3. The van der Waals surface area contributed by atoms with Gasteiger partial charge >= 0.3 is 0 Å². The predicted octanol–water partition coefficient (Wildman–Crippen LogP) is 3.26. The second kappa shape index (κ2) is 6.18. The molecule has 0 saturated carbocycles. The molecule has 0 radical (unpaired) electrons. The van der Waals surface area contributed by atoms with Crippen LogP contribution in [0.25, 0.3) is 0 Å². The molecule has 4 heteroatoms. The van der Waals surface area contributed by atoms with E-state index in [1.165, 1.54) is 0 Å². The van der Waals surface area contributed by atoms with Crippen molar-refractivity contribution in [1.82, 2.24) is 9.78 Å². The van der Waals surface area contributed by atoms with E-state index in [0.29, 0.717) is 6.54 Å². The van der Waals surface area contributed by atoms with Crippen LogP contribution in [0.15, 0.2) is 43.1 Å². The third-order valence-electron chi connectivity index (χ3n) is 4.16. The second-order valence-corrected chi connectivity index (χ2v) is 5.66. The Morgan fingerprint density at radius 2 is 2.18 bits per heavy atom. The molecular weight excluding hydrogens is 276 g/mol. The number of aryl methyl sites for hydroxylation is 1. The number of benzene rings is 1. The maximum absolute atomic E-state index is 12.4. The zero-order valence-electron chi connectivity index (χ0n) is 12.8. The quantitative estimate of drug-likeness (QED) is 0.795. The van der Waals surface area contributed by atoms with E-state index >= 15 is 0 Å². The first-order valence-electron chi connectivity index (χ1n) is 7.55. The fourth-order valence-electron chi connectivity index (χ4n) is 2.94. The van der Waals surface area contributed by atoms with Gasteiger partial charge in [0.15, 0.2) is 5.78 Å². The Labute approximate surface area is 130 Å². The van der Waals surface area contributed by atoms with E-state index in [2.05, 4.69) is 11.7 Å². The SMILES string of the molecule is C=CCC1CCc2nn(Cc3ccc(OC)cc3)cc2C1=O. The van der Waals surface area contributed by atoms with Crippen LogP contribution in [0.1, 0.15) is 34.5 Å². The number of fused-ring (bicyclic) bond motifs is 1. The molecule has 2 aromatic rings. The molecule has 1 unspecified atom stereocenters. The summed E-state index contributed by atoms with van der Waals surface area (Å²) in [7, 11) is 1.65. The molecule has 0 spiro atoms. The number of hydrogen-bond donors (Lipinski definition) is 0. The minimum Gasteiger partial charge on any atom is -0.497 e. The summed E-state index contributed by atoms with van der Waals surface area (Å²) in [5.74, 6) is 1.12. The van der Waals surface area contributed by atoms with Crippen molar-refractivity contribution < 1.29 is 9.53 Å². The molecule has 1 aliphatic rings. The highest BCUT2D eigenvalue weighted by Crippen LogP contribution is 2.27. The summed E-state index contributed by atoms with van der Waals surface area (Å²) < 4.78 is 7.02. The van der Waals surface area contributed by atoms with E-state index < -0.39 is 0 Å². The van der Waals surface area contributed by atoms with Crippen molar-refractivity contribution in [3.05, 3.63) is 59.9 Å². The Bertz CT molecular complexity index is 686. The van der Waals surface area contributed by atoms with Gasteiger partial charge in [0.05, 0.1) is 24.9 Å². The second-order valence-electron chi connectivity index (χ2n) is 5.66. The molecule has 0 bridgehead atoms. The number of allylic oxidation sites excluding steroid dienone is 1. The van der Waals surface area contributed by atoms with Crippen molar-refractivity contribution >= 4 is 5.78 Å². The number of carbonyl (C=O) groups excluding carboxylic acids is 1. The Kier molecular flexibility index (Phi) is 4.09. The van der Waals surface area contributed by atoms with Crippen LogP contribution in [-0.2, 0) is 13.0 Å². The van der Waals surface area contributed by atoms with Gasteiger partial charge in [-0.1, -0.05) is 18.2 Å². The van der Waals surface area contributed by atoms with Gasteiger partial charge in [-0.3, -0.25) is 9.48 Å². The minimum atomic E-state index is 0.0728. The largest absolute Gasteiger partial charge is 0.497 e. The van der Waals surface area contributed by atoms with Crippen molar-refractivity contribution in [3.63, 3.8) is 0 Å². The van der Waals surface area contributed by atoms with Gasteiger partial charge in [0.25, 0.3) is 0 Å². The summed E-state index contributed by atoms with van der Waals surface area (Å²) in [4.78, 5) is 12.4. The Hall–Kier alpha value is -2.36. The van der Waals surface area contributed by atoms with Crippen LogP contribution in [0, 0.1) is 5.92 Å². The number of Topliss-reactive ketones (excluding diaryl/α,β-unsaturated/α-hetero) is 1. The number of methoxy groups -OCH3 is 1. The summed E-state index contributed by atoms with van der Waals surface area (Å²) in [5, 5.41) is 4.57. The van der Waals surface area contributed by atoms with Gasteiger partial charge < -0.3 is 4.74 Å². The van der Waals surface area contributed by atoms with Crippen LogP contribution in [-0.4, -0.2) is 22.7 Å². The van der Waals surface area contributed by atoms with Crippen molar-refractivity contribution in [2.75, 3.05) is 7.11 Å². The van der Waals surface area contributed by atoms with Crippen LogP contribution in [0.2, 0.25) is 0 Å². The molecule has 0 saturated heterocycles. The van der Waals surface area contributed by atoms with E-state index in [0.717, 1.165) is 41.8 Å². The molecule has 1 aliphatic carbocycles. The number of rotatable bonds is 5. The third-order valence-corrected chi connectivity index (χ3v) is 4.16. The van der Waals surface area contributed by atoms with Gasteiger partial charge in [0.2, 0.25) is 0 Å². The minimum absolute atomic E-state index is 0.0728. The zero-order chi connectivity index (χ0) is 15.5. The highest BCUT2D eigenvalue weighted by atomic mass is 16.5. The molecule has 4 nitrogen and oxygen atoms in total. The molecular formula is C18H20N2O2. The van der Waals surface area contributed by atoms with Gasteiger partial charge in [0.1, 0.15) is 5.75 Å². The lowest BCUT2D eigenvalue weighted by Crippen LogP contribution is -2.21. The lowest BCUT2D eigenvalue weighted by molar-refractivity contribution is 0.0903. The molecule has 1 aromatic heterocycles. The summed E-state index contributed by atoms with van der Waals surface area (Å²) in [6.45, 7) is 4.40. The number of nitrogens with zero attached hydrogens (tertiary/aromatic N) is 2. The van der Waals surface area contributed by atoms with E-state index in [1.807, 2.05) is 41.2 Å². The molecule has 0 N–H and O–H groups in total. The average molecular weight is 296 g/mol. The van der Waals surface area contributed by atoms with Gasteiger partial charge in [-0.15, -0.1) is 6.58 Å². The molecule has 3 rings (SSSR count). The summed E-state index contributed by atoms with van der Waals surface area (Å²) in [5.41, 5.74) is 2.85. The van der Waals surface area contributed by atoms with Crippen LogP contribution in [0.4, 0.5) is 0 Å². The lowest BCUT2D eigenvalue weighted by atomic mass is 9.84. The first-order valence-corrected chi connectivity index (χ1v) is 7.55. The Balaban J connectivity index is 1.78. The van der Waals surface area contributed by atoms with E-state index in [-0.39, 0.29) is 11.7 Å². The average Bonchev–Trinajstić information content (AvgIpc) is 2.94. The highest BCUT2D eigenvalue weighted by Gasteiger charge is 2.28. The van der Waals surface area contributed by atoms with Crippen LogP contribution in [0.3, 0.4) is 0 Å². The van der Waals surface area contributed by atoms with Crippen molar-refractivity contribution in [2.45, 2.75) is 25.8 Å². The molecule has 114 valence electrons. The summed E-state index contributed by atoms with van der Waals surface area (Å²) in [6, 6.07) is 7.90. The fourth-order valence-corrected chi connectivity index (χ4v) is 2.94. The number of aromatic nitrogens is 2. The molecule has 1 aromatic carbocycles. The predicted molar refractivity (Wildman–Crippen MR) is 85.3 cm³/mol. The van der Waals surface area contributed by atoms with Crippen LogP contribution >= 0.6 is 0 Å². The van der Waals surface area contributed by atoms with Crippen LogP contribution in [0.5, 0.6) is 5.75 Å². The number of hydrogen-bond acceptors (Lipinski definition) is 3. The third kappa shape index (κ3) is 2.82. The number of ether oxygens (including phenoxy) is 1. The molecule has 0 fully saturated rings. The maximum atomic E-state index is 12.4. The maximum Gasteiger partial charge on any atom is 0.169 e. The zero-order valence-corrected chi connectivity index (χ0v) is 12.8. The van der Waals surface area contributed by atoms with E-state index in [4.69, 9.17) is 4.74 Å². The van der Waals surface area contributed by atoms with Gasteiger partial charge in [-0.25, -0.2) is 0 Å². The van der Waals surface area contributed by atoms with Crippen molar-refractivity contribution in [3.8, 4) is 5.75 Å². The number of carbonyl (C=O) groups is 1. The Morgan fingerprint density at radius 3 is 2.86 bits per heavy atom. The summed E-state index contributed by atoms with van der Waals surface area (Å²) >= 11 is 0. The fraction of sp³-hybridized carbons (Fsp3) is 0.333. The molecule has 1 atom stereocenters. The van der Waals surface area contributed by atoms with Crippen LogP contribution < -0.4 is 4.74 Å². The molecule has 22 heavy (non-hydrogen) atoms. The highest BCUT2D eigenvalue weighted by molar-refractivity contribution is 5.99. The first-order chi connectivity index (χ1) is 10.7. The normalized spacial score (nSPS) is 17.1.